The molecule has 0 aromatic carbocycles. The van der Waals surface area contributed by atoms with Gasteiger partial charge in [0.15, 0.2) is 0 Å². The first kappa shape index (κ1) is 28.6. The fourth-order valence-corrected chi connectivity index (χ4v) is 3.06. The summed E-state index contributed by atoms with van der Waals surface area (Å²) in [6.45, 7) is 0.0643. The van der Waals surface area contributed by atoms with Gasteiger partial charge in [0.2, 0.25) is 17.7 Å². The molecule has 0 spiro atoms. The zero-order chi connectivity index (χ0) is 23.8. The second kappa shape index (κ2) is 16.3. The normalized spacial score (nSPS) is 13.5. The Kier molecular flexibility index (Phi) is 15.1. The molecule has 31 heavy (non-hydrogen) atoms. The lowest BCUT2D eigenvalue weighted by molar-refractivity contribution is -0.143. The van der Waals surface area contributed by atoms with Crippen LogP contribution in [0.3, 0.4) is 0 Å². The molecule has 0 aromatic heterocycles. The summed E-state index contributed by atoms with van der Waals surface area (Å²) in [5.41, 5.74) is 10.7. The highest BCUT2D eigenvalue weighted by atomic mass is 32.2. The Balaban J connectivity index is 5.34. The van der Waals surface area contributed by atoms with Crippen LogP contribution in [0.5, 0.6) is 0 Å². The van der Waals surface area contributed by atoms with E-state index in [0.29, 0.717) is 25.1 Å². The summed E-state index contributed by atoms with van der Waals surface area (Å²) in [4.78, 5) is 59.3. The van der Waals surface area contributed by atoms with Crippen LogP contribution in [0, 0.1) is 0 Å². The van der Waals surface area contributed by atoms with Crippen molar-refractivity contribution in [1.29, 1.82) is 0 Å². The first-order valence-electron chi connectivity index (χ1n) is 9.90. The maximum absolute atomic E-state index is 12.7. The number of hydrogen-bond donors (Lipinski definition) is 7. The molecule has 0 aliphatic rings. The number of nitrogens with two attached hydrogens (primary N) is 2. The van der Waals surface area contributed by atoms with Gasteiger partial charge in [-0.15, -0.1) is 0 Å². The fourth-order valence-electron chi connectivity index (χ4n) is 2.59. The first-order chi connectivity index (χ1) is 14.7. The number of nitrogens with one attached hydrogen (secondary N) is 3. The van der Waals surface area contributed by atoms with E-state index in [-0.39, 0.29) is 25.8 Å². The third-order valence-electron chi connectivity index (χ3n) is 4.29. The van der Waals surface area contributed by atoms with E-state index < -0.39 is 54.2 Å². The van der Waals surface area contributed by atoms with E-state index >= 15 is 0 Å². The quantitative estimate of drug-likeness (QED) is 0.120. The maximum Gasteiger partial charge on any atom is 0.326 e. The highest BCUT2D eigenvalue weighted by molar-refractivity contribution is 7.98. The van der Waals surface area contributed by atoms with Gasteiger partial charge in [0.1, 0.15) is 18.1 Å². The summed E-state index contributed by atoms with van der Waals surface area (Å²) in [6.07, 6.45) is 2.67. The summed E-state index contributed by atoms with van der Waals surface area (Å²) in [6, 6.07) is -3.46. The Labute approximate surface area is 185 Å². The van der Waals surface area contributed by atoms with Crippen LogP contribution in [0.1, 0.15) is 38.5 Å². The van der Waals surface area contributed by atoms with Crippen molar-refractivity contribution < 1.29 is 34.2 Å². The molecule has 13 heteroatoms. The molecule has 178 valence electrons. The third kappa shape index (κ3) is 12.8. The fraction of sp³-hybridized carbons (Fsp3) is 0.722. The van der Waals surface area contributed by atoms with Gasteiger partial charge >= 0.3 is 11.9 Å². The van der Waals surface area contributed by atoms with Crippen molar-refractivity contribution in [2.24, 2.45) is 11.5 Å². The molecule has 3 unspecified atom stereocenters. The molecule has 0 fully saturated rings. The molecular weight excluding hydrogens is 430 g/mol. The van der Waals surface area contributed by atoms with E-state index in [9.17, 15) is 29.1 Å². The van der Waals surface area contributed by atoms with Gasteiger partial charge in [-0.1, -0.05) is 0 Å². The van der Waals surface area contributed by atoms with E-state index in [4.69, 9.17) is 16.6 Å². The lowest BCUT2D eigenvalue weighted by Gasteiger charge is -2.24. The maximum atomic E-state index is 12.7. The molecule has 12 nitrogen and oxygen atoms in total. The Bertz CT molecular complexity index is 620. The molecular formula is C18H33N5O7S. The van der Waals surface area contributed by atoms with Gasteiger partial charge in [0.05, 0.1) is 6.54 Å². The van der Waals surface area contributed by atoms with Gasteiger partial charge in [-0.3, -0.25) is 19.2 Å². The van der Waals surface area contributed by atoms with Gasteiger partial charge in [0.25, 0.3) is 0 Å². The number of amides is 3. The number of carbonyl (C=O) groups is 5. The zero-order valence-corrected chi connectivity index (χ0v) is 18.4. The van der Waals surface area contributed by atoms with Crippen LogP contribution in [-0.2, 0) is 24.0 Å². The minimum Gasteiger partial charge on any atom is -0.481 e. The van der Waals surface area contributed by atoms with Crippen LogP contribution in [0.25, 0.3) is 0 Å². The average molecular weight is 464 g/mol. The summed E-state index contributed by atoms with van der Waals surface area (Å²) in [5, 5.41) is 25.5. The highest BCUT2D eigenvalue weighted by Crippen LogP contribution is 2.06. The SMILES string of the molecule is CSCCC(NC(=O)C(CCC(=O)O)NC(=O)C(CCCCN)NC(=O)CN)C(=O)O. The van der Waals surface area contributed by atoms with Crippen molar-refractivity contribution in [1.82, 2.24) is 16.0 Å². The smallest absolute Gasteiger partial charge is 0.326 e. The molecule has 9 N–H and O–H groups in total. The largest absolute Gasteiger partial charge is 0.481 e. The number of rotatable bonds is 17. The number of carbonyl (C=O) groups excluding carboxylic acids is 3. The Morgan fingerprint density at radius 2 is 1.42 bits per heavy atom. The number of aliphatic carboxylic acids is 2. The molecule has 0 radical (unpaired) electrons. The zero-order valence-electron chi connectivity index (χ0n) is 17.6. The molecule has 0 saturated carbocycles. The summed E-state index contributed by atoms with van der Waals surface area (Å²) in [7, 11) is 0. The van der Waals surface area contributed by atoms with Crippen LogP contribution < -0.4 is 27.4 Å². The van der Waals surface area contributed by atoms with Gasteiger partial charge in [-0.25, -0.2) is 4.79 Å². The minimum absolute atomic E-state index is 0.163. The van der Waals surface area contributed by atoms with Crippen molar-refractivity contribution in [3.63, 3.8) is 0 Å². The third-order valence-corrected chi connectivity index (χ3v) is 4.93. The average Bonchev–Trinajstić information content (AvgIpc) is 2.72. The molecule has 0 rings (SSSR count). The minimum atomic E-state index is -1.29. The second-order valence-corrected chi connectivity index (χ2v) is 7.77. The van der Waals surface area contributed by atoms with Crippen LogP contribution in [0.15, 0.2) is 0 Å². The van der Waals surface area contributed by atoms with Crippen LogP contribution in [-0.4, -0.2) is 83.1 Å². The predicted octanol–water partition coefficient (Wildman–Crippen LogP) is -1.77. The van der Waals surface area contributed by atoms with Crippen molar-refractivity contribution in [2.45, 2.75) is 56.7 Å². The second-order valence-electron chi connectivity index (χ2n) is 6.78. The predicted molar refractivity (Wildman–Crippen MR) is 115 cm³/mol. The lowest BCUT2D eigenvalue weighted by Crippen LogP contribution is -2.56. The first-order valence-corrected chi connectivity index (χ1v) is 11.3. The van der Waals surface area contributed by atoms with Crippen LogP contribution in [0.2, 0.25) is 0 Å². The number of unbranched alkanes of at least 4 members (excludes halogenated alkanes) is 1. The van der Waals surface area contributed by atoms with Gasteiger partial charge < -0.3 is 37.6 Å². The van der Waals surface area contributed by atoms with E-state index in [1.165, 1.54) is 11.8 Å². The van der Waals surface area contributed by atoms with E-state index in [0.717, 1.165) is 0 Å². The molecule has 0 heterocycles. The topological polar surface area (TPSA) is 214 Å². The molecule has 0 saturated heterocycles. The molecule has 3 amide bonds. The molecule has 0 aliphatic carbocycles. The van der Waals surface area contributed by atoms with Gasteiger partial charge in [-0.05, 0) is 50.7 Å². The molecule has 0 bridgehead atoms. The van der Waals surface area contributed by atoms with Crippen LogP contribution >= 0.6 is 11.8 Å². The van der Waals surface area contributed by atoms with Crippen molar-refractivity contribution in [3.05, 3.63) is 0 Å². The number of carboxylic acid groups (broad SMARTS) is 2. The van der Waals surface area contributed by atoms with E-state index in [2.05, 4.69) is 16.0 Å². The summed E-state index contributed by atoms with van der Waals surface area (Å²) in [5.74, 6) is -4.00. The van der Waals surface area contributed by atoms with Crippen molar-refractivity contribution >= 4 is 41.4 Å². The standard InChI is InChI=1S/C18H33N5O7S/c1-31-9-7-13(18(29)30)23-17(28)12(5-6-15(25)26)22-16(27)11(4-2-3-8-19)21-14(24)10-20/h11-13H,2-10,19-20H2,1H3,(H,21,24)(H,22,27)(H,23,28)(H,25,26)(H,29,30). The summed E-state index contributed by atoms with van der Waals surface area (Å²) >= 11 is 1.41. The molecule has 0 aliphatic heterocycles. The Hall–Kier alpha value is -2.38. The Morgan fingerprint density at radius 3 is 1.90 bits per heavy atom. The summed E-state index contributed by atoms with van der Waals surface area (Å²) < 4.78 is 0. The monoisotopic (exact) mass is 463 g/mol. The van der Waals surface area contributed by atoms with Gasteiger partial charge in [-0.2, -0.15) is 11.8 Å². The highest BCUT2D eigenvalue weighted by Gasteiger charge is 2.29. The van der Waals surface area contributed by atoms with Crippen molar-refractivity contribution in [3.8, 4) is 0 Å². The van der Waals surface area contributed by atoms with Crippen LogP contribution in [0.4, 0.5) is 0 Å². The van der Waals surface area contributed by atoms with E-state index in [1.807, 2.05) is 0 Å². The number of thioether (sulfide) groups is 1. The van der Waals surface area contributed by atoms with Gasteiger partial charge in [0, 0.05) is 6.42 Å². The molecule has 3 atom stereocenters. The lowest BCUT2D eigenvalue weighted by atomic mass is 10.1. The molecule has 0 aromatic rings. The number of carboxylic acids is 2. The van der Waals surface area contributed by atoms with Crippen molar-refractivity contribution in [2.75, 3.05) is 25.1 Å². The Morgan fingerprint density at radius 1 is 0.839 bits per heavy atom. The number of hydrogen-bond acceptors (Lipinski definition) is 8. The van der Waals surface area contributed by atoms with E-state index in [1.54, 1.807) is 6.26 Å².